The fourth-order valence-corrected chi connectivity index (χ4v) is 5.24. The molecule has 0 radical (unpaired) electrons. The van der Waals surface area contributed by atoms with Gasteiger partial charge in [0.2, 0.25) is 0 Å². The molecule has 2 aromatic carbocycles. The van der Waals surface area contributed by atoms with Crippen molar-refractivity contribution in [3.63, 3.8) is 0 Å². The molecule has 0 atom stereocenters. The van der Waals surface area contributed by atoms with Gasteiger partial charge in [0.15, 0.2) is 0 Å². The first-order chi connectivity index (χ1) is 12.1. The molecule has 0 aliphatic rings. The van der Waals surface area contributed by atoms with Gasteiger partial charge < -0.3 is 13.6 Å². The van der Waals surface area contributed by atoms with E-state index in [0.29, 0.717) is 13.2 Å². The van der Waals surface area contributed by atoms with Gasteiger partial charge in [0, 0.05) is 18.7 Å². The molecule has 0 bridgehead atoms. The summed E-state index contributed by atoms with van der Waals surface area (Å²) in [6.45, 7) is 9.29. The zero-order valence-corrected chi connectivity index (χ0v) is 16.2. The molecular weight excluding hydrogens is 328 g/mol. The smallest absolute Gasteiger partial charge is 0.460 e. The Balaban J connectivity index is 2.06. The highest BCUT2D eigenvalue weighted by Crippen LogP contribution is 2.27. The van der Waals surface area contributed by atoms with Crippen molar-refractivity contribution < 1.29 is 13.6 Å². The van der Waals surface area contributed by atoms with E-state index in [1.54, 1.807) is 0 Å². The van der Waals surface area contributed by atoms with Gasteiger partial charge in [-0.05, 0) is 37.6 Å². The lowest BCUT2D eigenvalue weighted by molar-refractivity contribution is 0.155. The van der Waals surface area contributed by atoms with Crippen LogP contribution in [-0.4, -0.2) is 21.8 Å². The summed E-state index contributed by atoms with van der Waals surface area (Å²) in [5.41, 5.74) is 1.04. The fraction of sp³-hybridized carbons (Fsp3) is 0.333. The average Bonchev–Trinajstić information content (AvgIpc) is 2.62. The summed E-state index contributed by atoms with van der Waals surface area (Å²) in [6.07, 6.45) is 0.910. The van der Waals surface area contributed by atoms with E-state index in [2.05, 4.69) is 13.5 Å². The Morgan fingerprint density at radius 3 is 1.88 bits per heavy atom. The first-order valence-corrected chi connectivity index (χ1v) is 11.1. The summed E-state index contributed by atoms with van der Waals surface area (Å²) in [4.78, 5) is 0. The summed E-state index contributed by atoms with van der Waals surface area (Å²) in [5.74, 6) is 1.74. The summed E-state index contributed by atoms with van der Waals surface area (Å²) < 4.78 is 18.5. The molecule has 0 aliphatic heterocycles. The summed E-state index contributed by atoms with van der Waals surface area (Å²) in [7, 11) is -2.43. The molecule has 2 rings (SSSR count). The van der Waals surface area contributed by atoms with Crippen LogP contribution in [-0.2, 0) is 4.74 Å². The van der Waals surface area contributed by atoms with Crippen molar-refractivity contribution >= 4 is 8.56 Å². The number of hydrogen-bond donors (Lipinski definition) is 0. The third-order valence-corrected chi connectivity index (χ3v) is 7.24. The number of benzene rings is 2. The van der Waals surface area contributed by atoms with Gasteiger partial charge in [-0.25, -0.2) is 0 Å². The number of ether oxygens (including phenoxy) is 1. The van der Waals surface area contributed by atoms with Crippen LogP contribution in [0.5, 0.6) is 11.5 Å². The summed E-state index contributed by atoms with van der Waals surface area (Å²) in [6, 6.07) is 21.6. The average molecular weight is 357 g/mol. The molecule has 0 unspecified atom stereocenters. The lowest BCUT2D eigenvalue weighted by Crippen LogP contribution is -2.48. The van der Waals surface area contributed by atoms with Gasteiger partial charge in [-0.2, -0.15) is 0 Å². The molecule has 0 amide bonds. The van der Waals surface area contributed by atoms with Crippen LogP contribution in [0.15, 0.2) is 72.8 Å². The Bertz CT molecular complexity index is 587. The van der Waals surface area contributed by atoms with Gasteiger partial charge in [0.05, 0.1) is 6.61 Å². The SMILES string of the molecule is C=C(C)COCCC[Si](CC)(Oc1ccccc1)Oc1ccccc1. The standard InChI is InChI=1S/C21H28O3Si/c1-4-25(17-11-16-22-18-19(2)3,23-20-12-7-5-8-13-20)24-21-14-9-6-10-15-21/h5-10,12-15H,2,4,11,16-18H2,1,3H3. The molecule has 0 saturated heterocycles. The van der Waals surface area contributed by atoms with E-state index in [-0.39, 0.29) is 0 Å². The van der Waals surface area contributed by atoms with Gasteiger partial charge in [0.1, 0.15) is 11.5 Å². The largest absolute Gasteiger partial charge is 0.512 e. The molecule has 0 aliphatic carbocycles. The normalized spacial score (nSPS) is 11.1. The van der Waals surface area contributed by atoms with Crippen molar-refractivity contribution in [2.45, 2.75) is 32.4 Å². The predicted molar refractivity (Wildman–Crippen MR) is 105 cm³/mol. The summed E-state index contributed by atoms with van der Waals surface area (Å²) in [5, 5.41) is 0. The molecule has 2 aromatic rings. The topological polar surface area (TPSA) is 27.7 Å². The van der Waals surface area contributed by atoms with Crippen molar-refractivity contribution in [3.8, 4) is 11.5 Å². The lowest BCUT2D eigenvalue weighted by Gasteiger charge is -2.31. The number of para-hydroxylation sites is 2. The highest BCUT2D eigenvalue weighted by Gasteiger charge is 2.39. The van der Waals surface area contributed by atoms with Crippen LogP contribution in [0.25, 0.3) is 0 Å². The highest BCUT2D eigenvalue weighted by molar-refractivity contribution is 6.68. The van der Waals surface area contributed by atoms with Crippen LogP contribution in [0.3, 0.4) is 0 Å². The second-order valence-electron chi connectivity index (χ2n) is 6.21. The van der Waals surface area contributed by atoms with Gasteiger partial charge >= 0.3 is 8.56 Å². The van der Waals surface area contributed by atoms with E-state index >= 15 is 0 Å². The van der Waals surface area contributed by atoms with Crippen molar-refractivity contribution in [1.82, 2.24) is 0 Å². The van der Waals surface area contributed by atoms with Crippen molar-refractivity contribution in [1.29, 1.82) is 0 Å². The molecule has 0 heterocycles. The molecule has 0 spiro atoms. The van der Waals surface area contributed by atoms with Crippen LogP contribution >= 0.6 is 0 Å². The minimum Gasteiger partial charge on any atom is -0.512 e. The molecule has 134 valence electrons. The van der Waals surface area contributed by atoms with E-state index in [0.717, 1.165) is 35.6 Å². The molecule has 0 saturated carbocycles. The monoisotopic (exact) mass is 356 g/mol. The molecule has 0 fully saturated rings. The Labute approximate surface area is 152 Å². The maximum atomic E-state index is 6.43. The molecular formula is C21H28O3Si. The van der Waals surface area contributed by atoms with E-state index < -0.39 is 8.56 Å². The maximum absolute atomic E-state index is 6.43. The molecule has 0 N–H and O–H groups in total. The van der Waals surface area contributed by atoms with E-state index in [9.17, 15) is 0 Å². The Hall–Kier alpha value is -2.04. The first kappa shape index (κ1) is 19.3. The van der Waals surface area contributed by atoms with E-state index in [1.165, 1.54) is 0 Å². The quantitative estimate of drug-likeness (QED) is 0.298. The summed E-state index contributed by atoms with van der Waals surface area (Å²) >= 11 is 0. The predicted octanol–water partition coefficient (Wildman–Crippen LogP) is 5.59. The number of hydrogen-bond acceptors (Lipinski definition) is 3. The molecule has 3 nitrogen and oxygen atoms in total. The third-order valence-electron chi connectivity index (χ3n) is 3.83. The molecule has 25 heavy (non-hydrogen) atoms. The number of rotatable bonds is 11. The van der Waals surface area contributed by atoms with Crippen LogP contribution in [0, 0.1) is 0 Å². The Morgan fingerprint density at radius 1 is 0.920 bits per heavy atom. The maximum Gasteiger partial charge on any atom is 0.460 e. The van der Waals surface area contributed by atoms with Gasteiger partial charge in [-0.15, -0.1) is 0 Å². The fourth-order valence-electron chi connectivity index (χ4n) is 2.54. The van der Waals surface area contributed by atoms with Crippen LogP contribution in [0.2, 0.25) is 12.1 Å². The van der Waals surface area contributed by atoms with Gasteiger partial charge in [-0.3, -0.25) is 0 Å². The zero-order chi connectivity index (χ0) is 18.0. The van der Waals surface area contributed by atoms with Crippen molar-refractivity contribution in [2.75, 3.05) is 13.2 Å². The first-order valence-electron chi connectivity index (χ1n) is 8.84. The zero-order valence-electron chi connectivity index (χ0n) is 15.2. The Morgan fingerprint density at radius 2 is 1.44 bits per heavy atom. The minimum absolute atomic E-state index is 0.611. The van der Waals surface area contributed by atoms with Crippen LogP contribution in [0.1, 0.15) is 20.3 Å². The van der Waals surface area contributed by atoms with Gasteiger partial charge in [-0.1, -0.05) is 55.5 Å². The Kier molecular flexibility index (Phi) is 7.76. The second-order valence-corrected chi connectivity index (χ2v) is 9.64. The van der Waals surface area contributed by atoms with E-state index in [1.807, 2.05) is 67.6 Å². The van der Waals surface area contributed by atoms with Crippen molar-refractivity contribution in [3.05, 3.63) is 72.8 Å². The third kappa shape index (κ3) is 6.76. The molecule has 0 aromatic heterocycles. The molecule has 4 heteroatoms. The van der Waals surface area contributed by atoms with Crippen LogP contribution < -0.4 is 8.85 Å². The van der Waals surface area contributed by atoms with E-state index in [4.69, 9.17) is 13.6 Å². The minimum atomic E-state index is -2.43. The lowest BCUT2D eigenvalue weighted by atomic mass is 10.3. The second kappa shape index (κ2) is 10.1. The highest BCUT2D eigenvalue weighted by atomic mass is 28.4. The van der Waals surface area contributed by atoms with Gasteiger partial charge in [0.25, 0.3) is 0 Å². The van der Waals surface area contributed by atoms with Crippen molar-refractivity contribution in [2.24, 2.45) is 0 Å². The van der Waals surface area contributed by atoms with Crippen LogP contribution in [0.4, 0.5) is 0 Å².